The average molecular weight is 348 g/mol. The number of phenolic OH excluding ortho intramolecular Hbond substituents is 1. The molecule has 0 spiro atoms. The van der Waals surface area contributed by atoms with Crippen molar-refractivity contribution in [3.63, 3.8) is 0 Å². The van der Waals surface area contributed by atoms with E-state index < -0.39 is 0 Å². The van der Waals surface area contributed by atoms with E-state index >= 15 is 0 Å². The lowest BCUT2D eigenvalue weighted by Gasteiger charge is -2.10. The number of rotatable bonds is 6. The van der Waals surface area contributed by atoms with Crippen LogP contribution in [0.1, 0.15) is 28.8 Å². The van der Waals surface area contributed by atoms with Crippen molar-refractivity contribution in [2.24, 2.45) is 0 Å². The van der Waals surface area contributed by atoms with Gasteiger partial charge in [0.25, 0.3) is 5.91 Å². The molecule has 1 aromatic heterocycles. The number of hydrogen-bond donors (Lipinski definition) is 3. The van der Waals surface area contributed by atoms with Crippen molar-refractivity contribution in [1.82, 2.24) is 10.3 Å². The van der Waals surface area contributed by atoms with Crippen LogP contribution in [0.5, 0.6) is 5.75 Å². The van der Waals surface area contributed by atoms with E-state index in [1.807, 2.05) is 0 Å². The highest BCUT2D eigenvalue weighted by molar-refractivity contribution is 6.31. The van der Waals surface area contributed by atoms with Gasteiger partial charge in [0.15, 0.2) is 0 Å². The molecule has 126 valence electrons. The fourth-order valence-electron chi connectivity index (χ4n) is 2.09. The first kappa shape index (κ1) is 17.7. The van der Waals surface area contributed by atoms with Crippen LogP contribution in [0.4, 0.5) is 5.69 Å². The van der Waals surface area contributed by atoms with Crippen LogP contribution in [0.25, 0.3) is 0 Å². The van der Waals surface area contributed by atoms with Crippen molar-refractivity contribution in [2.75, 3.05) is 11.9 Å². The summed E-state index contributed by atoms with van der Waals surface area (Å²) in [5.41, 5.74) is 1.34. The Balaban J connectivity index is 1.77. The quantitative estimate of drug-likeness (QED) is 0.553. The van der Waals surface area contributed by atoms with E-state index in [0.29, 0.717) is 29.1 Å². The van der Waals surface area contributed by atoms with Crippen LogP contribution >= 0.6 is 11.6 Å². The van der Waals surface area contributed by atoms with Crippen molar-refractivity contribution in [3.8, 4) is 5.75 Å². The second-order valence-corrected chi connectivity index (χ2v) is 5.70. The van der Waals surface area contributed by atoms with Crippen LogP contribution in [0, 0.1) is 6.92 Å². The topological polar surface area (TPSA) is 91.3 Å². The van der Waals surface area contributed by atoms with E-state index in [2.05, 4.69) is 15.6 Å². The lowest BCUT2D eigenvalue weighted by molar-refractivity contribution is -0.116. The van der Waals surface area contributed by atoms with Crippen molar-refractivity contribution in [2.45, 2.75) is 19.8 Å². The number of nitrogens with one attached hydrogen (secondary N) is 2. The van der Waals surface area contributed by atoms with E-state index in [1.165, 1.54) is 12.3 Å². The SMILES string of the molecule is Cc1cc(Cl)cc(NC(=O)CCCNC(=O)c2cccnc2)c1O. The Labute approximate surface area is 144 Å². The highest BCUT2D eigenvalue weighted by Gasteiger charge is 2.10. The zero-order valence-electron chi connectivity index (χ0n) is 13.2. The Hall–Kier alpha value is -2.60. The highest BCUT2D eigenvalue weighted by atomic mass is 35.5. The van der Waals surface area contributed by atoms with Crippen LogP contribution in [0.2, 0.25) is 5.02 Å². The molecule has 1 heterocycles. The first-order valence-electron chi connectivity index (χ1n) is 7.44. The summed E-state index contributed by atoms with van der Waals surface area (Å²) >= 11 is 5.91. The smallest absolute Gasteiger partial charge is 0.252 e. The summed E-state index contributed by atoms with van der Waals surface area (Å²) in [5, 5.41) is 15.7. The number of nitrogens with zero attached hydrogens (tertiary/aromatic N) is 1. The maximum Gasteiger partial charge on any atom is 0.252 e. The first-order valence-corrected chi connectivity index (χ1v) is 7.82. The summed E-state index contributed by atoms with van der Waals surface area (Å²) < 4.78 is 0. The molecule has 0 aliphatic heterocycles. The summed E-state index contributed by atoms with van der Waals surface area (Å²) in [6, 6.07) is 6.45. The molecule has 2 amide bonds. The summed E-state index contributed by atoms with van der Waals surface area (Å²) in [5.74, 6) is -0.494. The second-order valence-electron chi connectivity index (χ2n) is 5.27. The van der Waals surface area contributed by atoms with Gasteiger partial charge in [0.2, 0.25) is 5.91 Å². The van der Waals surface area contributed by atoms with E-state index in [4.69, 9.17) is 11.6 Å². The molecule has 0 bridgehead atoms. The predicted molar refractivity (Wildman–Crippen MR) is 92.3 cm³/mol. The van der Waals surface area contributed by atoms with Crippen LogP contribution in [-0.4, -0.2) is 28.4 Å². The fraction of sp³-hybridized carbons (Fsp3) is 0.235. The largest absolute Gasteiger partial charge is 0.505 e. The van der Waals surface area contributed by atoms with Crippen LogP contribution < -0.4 is 10.6 Å². The van der Waals surface area contributed by atoms with Crippen molar-refractivity contribution >= 4 is 29.1 Å². The van der Waals surface area contributed by atoms with Crippen molar-refractivity contribution in [3.05, 3.63) is 52.8 Å². The lowest BCUT2D eigenvalue weighted by Crippen LogP contribution is -2.25. The van der Waals surface area contributed by atoms with E-state index in [1.54, 1.807) is 31.3 Å². The normalized spacial score (nSPS) is 10.2. The monoisotopic (exact) mass is 347 g/mol. The molecule has 1 aromatic carbocycles. The van der Waals surface area contributed by atoms with Gasteiger partial charge < -0.3 is 15.7 Å². The number of carbonyl (C=O) groups is 2. The molecule has 0 fully saturated rings. The molecule has 2 aromatic rings. The maximum atomic E-state index is 11.9. The number of pyridine rings is 1. The van der Waals surface area contributed by atoms with Gasteiger partial charge in [-0.15, -0.1) is 0 Å². The molecule has 0 atom stereocenters. The second kappa shape index (κ2) is 8.31. The van der Waals surface area contributed by atoms with Gasteiger partial charge in [0, 0.05) is 30.4 Å². The lowest BCUT2D eigenvalue weighted by atomic mass is 10.2. The molecule has 3 N–H and O–H groups in total. The minimum atomic E-state index is -0.261. The maximum absolute atomic E-state index is 11.9. The van der Waals surface area contributed by atoms with Crippen molar-refractivity contribution in [1.29, 1.82) is 0 Å². The van der Waals surface area contributed by atoms with Crippen LogP contribution in [0.3, 0.4) is 0 Å². The molecule has 2 rings (SSSR count). The molecule has 24 heavy (non-hydrogen) atoms. The summed E-state index contributed by atoms with van der Waals surface area (Å²) in [7, 11) is 0. The molecule has 7 heteroatoms. The van der Waals surface area contributed by atoms with Gasteiger partial charge in [-0.25, -0.2) is 0 Å². The zero-order valence-corrected chi connectivity index (χ0v) is 13.9. The average Bonchev–Trinajstić information content (AvgIpc) is 2.56. The number of phenols is 1. The molecule has 6 nitrogen and oxygen atoms in total. The van der Waals surface area contributed by atoms with Gasteiger partial charge in [0.1, 0.15) is 5.75 Å². The summed E-state index contributed by atoms with van der Waals surface area (Å²) in [6.07, 6.45) is 3.75. The molecular formula is C17H18ClN3O3. The van der Waals surface area contributed by atoms with Crippen LogP contribution in [-0.2, 0) is 4.79 Å². The Morgan fingerprint density at radius 2 is 2.12 bits per heavy atom. The standard InChI is InChI=1S/C17H18ClN3O3/c1-11-8-13(18)9-14(16(11)23)21-15(22)5-3-7-20-17(24)12-4-2-6-19-10-12/h2,4,6,8-10,23H,3,5,7H2,1H3,(H,20,24)(H,21,22). The van der Waals surface area contributed by atoms with Gasteiger partial charge in [-0.05, 0) is 43.2 Å². The number of hydrogen-bond acceptors (Lipinski definition) is 4. The zero-order chi connectivity index (χ0) is 17.5. The Morgan fingerprint density at radius 1 is 1.33 bits per heavy atom. The predicted octanol–water partition coefficient (Wildman–Crippen LogP) is 2.90. The van der Waals surface area contributed by atoms with Gasteiger partial charge >= 0.3 is 0 Å². The Bertz CT molecular complexity index is 735. The van der Waals surface area contributed by atoms with E-state index in [-0.39, 0.29) is 29.7 Å². The van der Waals surface area contributed by atoms with E-state index in [9.17, 15) is 14.7 Å². The molecule has 0 saturated carbocycles. The summed E-state index contributed by atoms with van der Waals surface area (Å²) in [4.78, 5) is 27.6. The number of halogens is 1. The third-order valence-electron chi connectivity index (χ3n) is 3.33. The van der Waals surface area contributed by atoms with Gasteiger partial charge in [-0.1, -0.05) is 11.6 Å². The molecular weight excluding hydrogens is 330 g/mol. The molecule has 0 radical (unpaired) electrons. The van der Waals surface area contributed by atoms with Gasteiger partial charge in [0.05, 0.1) is 11.3 Å². The highest BCUT2D eigenvalue weighted by Crippen LogP contribution is 2.30. The summed E-state index contributed by atoms with van der Waals surface area (Å²) in [6.45, 7) is 2.06. The molecule has 0 aliphatic rings. The number of aromatic hydroxyl groups is 1. The minimum Gasteiger partial charge on any atom is -0.505 e. The third-order valence-corrected chi connectivity index (χ3v) is 3.55. The minimum absolute atomic E-state index is 0.00219. The molecule has 0 aliphatic carbocycles. The number of amides is 2. The number of anilines is 1. The van der Waals surface area contributed by atoms with E-state index in [0.717, 1.165) is 0 Å². The first-order chi connectivity index (χ1) is 11.5. The van der Waals surface area contributed by atoms with Crippen LogP contribution in [0.15, 0.2) is 36.7 Å². The Morgan fingerprint density at radius 3 is 2.83 bits per heavy atom. The molecule has 0 saturated heterocycles. The number of carbonyl (C=O) groups excluding carboxylic acids is 2. The third kappa shape index (κ3) is 4.96. The van der Waals surface area contributed by atoms with Crippen molar-refractivity contribution < 1.29 is 14.7 Å². The number of benzene rings is 1. The fourth-order valence-corrected chi connectivity index (χ4v) is 2.37. The molecule has 0 unspecified atom stereocenters. The number of aryl methyl sites for hydroxylation is 1. The number of aromatic nitrogens is 1. The van der Waals surface area contributed by atoms with Gasteiger partial charge in [-0.3, -0.25) is 14.6 Å². The van der Waals surface area contributed by atoms with Gasteiger partial charge in [-0.2, -0.15) is 0 Å². The Kier molecular flexibility index (Phi) is 6.14.